The highest BCUT2D eigenvalue weighted by molar-refractivity contribution is 6.47. The minimum Gasteiger partial charge on any atom is -0.426 e. The van der Waals surface area contributed by atoms with Crippen LogP contribution in [0.1, 0.15) is 30.5 Å². The van der Waals surface area contributed by atoms with E-state index in [-0.39, 0.29) is 0 Å². The summed E-state index contributed by atoms with van der Waals surface area (Å²) in [5.74, 6) is 0. The number of hydrogen-bond acceptors (Lipinski definition) is 2. The lowest BCUT2D eigenvalue weighted by Gasteiger charge is -2.47. The molecular formula is C23H25BO2. The van der Waals surface area contributed by atoms with Gasteiger partial charge in [-0.2, -0.15) is 0 Å². The van der Waals surface area contributed by atoms with E-state index in [0.29, 0.717) is 0 Å². The molecule has 0 saturated heterocycles. The van der Waals surface area contributed by atoms with E-state index in [2.05, 4.69) is 26.0 Å². The van der Waals surface area contributed by atoms with Gasteiger partial charge in [0, 0.05) is 0 Å². The zero-order chi connectivity index (χ0) is 18.6. The molecule has 0 radical (unpaired) electrons. The molecule has 0 fully saturated rings. The van der Waals surface area contributed by atoms with Crippen molar-refractivity contribution in [2.75, 3.05) is 0 Å². The van der Waals surface area contributed by atoms with Crippen LogP contribution < -0.4 is 0 Å². The van der Waals surface area contributed by atoms with Gasteiger partial charge in [-0.05, 0) is 28.5 Å². The molecule has 3 rings (SSSR count). The molecular weight excluding hydrogens is 319 g/mol. The molecule has 0 amide bonds. The van der Waals surface area contributed by atoms with E-state index in [0.717, 1.165) is 17.5 Å². The Morgan fingerprint density at radius 3 is 1.42 bits per heavy atom. The molecule has 26 heavy (non-hydrogen) atoms. The Hall–Kier alpha value is -2.36. The zero-order valence-corrected chi connectivity index (χ0v) is 15.3. The van der Waals surface area contributed by atoms with Crippen molar-refractivity contribution >= 4 is 7.12 Å². The Morgan fingerprint density at radius 1 is 0.654 bits per heavy atom. The second-order valence-corrected chi connectivity index (χ2v) is 7.46. The van der Waals surface area contributed by atoms with Gasteiger partial charge >= 0.3 is 7.12 Å². The van der Waals surface area contributed by atoms with Gasteiger partial charge in [-0.3, -0.25) is 0 Å². The normalized spacial score (nSPS) is 12.0. The molecule has 0 aliphatic carbocycles. The predicted octanol–water partition coefficient (Wildman–Crippen LogP) is 4.25. The van der Waals surface area contributed by atoms with Crippen molar-refractivity contribution in [3.8, 4) is 0 Å². The van der Waals surface area contributed by atoms with Crippen molar-refractivity contribution < 1.29 is 10.0 Å². The van der Waals surface area contributed by atoms with Crippen LogP contribution in [0.2, 0.25) is 0 Å². The highest BCUT2D eigenvalue weighted by Gasteiger charge is 2.55. The molecule has 0 saturated carbocycles. The van der Waals surface area contributed by atoms with Crippen molar-refractivity contribution in [3.05, 3.63) is 108 Å². The summed E-state index contributed by atoms with van der Waals surface area (Å²) < 4.78 is 0. The van der Waals surface area contributed by atoms with Gasteiger partial charge in [0.25, 0.3) is 0 Å². The zero-order valence-electron chi connectivity index (χ0n) is 15.3. The second kappa shape index (κ2) is 7.49. The van der Waals surface area contributed by atoms with Gasteiger partial charge in [-0.15, -0.1) is 0 Å². The van der Waals surface area contributed by atoms with Gasteiger partial charge in [0.2, 0.25) is 0 Å². The maximum absolute atomic E-state index is 10.7. The van der Waals surface area contributed by atoms with Crippen LogP contribution >= 0.6 is 0 Å². The molecule has 0 aliphatic heterocycles. The van der Waals surface area contributed by atoms with Crippen molar-refractivity contribution in [2.24, 2.45) is 5.41 Å². The lowest BCUT2D eigenvalue weighted by molar-refractivity contribution is 0.216. The minimum atomic E-state index is -1.54. The van der Waals surface area contributed by atoms with Gasteiger partial charge in [0.1, 0.15) is 0 Å². The summed E-state index contributed by atoms with van der Waals surface area (Å²) in [7, 11) is -1.54. The van der Waals surface area contributed by atoms with Crippen molar-refractivity contribution in [2.45, 2.75) is 25.6 Å². The minimum absolute atomic E-state index is 0.453. The third kappa shape index (κ3) is 3.21. The van der Waals surface area contributed by atoms with Gasteiger partial charge < -0.3 is 10.0 Å². The van der Waals surface area contributed by atoms with Gasteiger partial charge in [-0.25, -0.2) is 0 Å². The van der Waals surface area contributed by atoms with E-state index in [1.807, 2.05) is 78.9 Å². The molecule has 0 unspecified atom stereocenters. The van der Waals surface area contributed by atoms with Crippen molar-refractivity contribution in [3.63, 3.8) is 0 Å². The Bertz CT molecular complexity index is 775. The van der Waals surface area contributed by atoms with Gasteiger partial charge in [0.05, 0.1) is 5.31 Å². The predicted molar refractivity (Wildman–Crippen MR) is 108 cm³/mol. The summed E-state index contributed by atoms with van der Waals surface area (Å²) in [5.41, 5.74) is 2.53. The first-order chi connectivity index (χ1) is 12.5. The molecule has 0 spiro atoms. The van der Waals surface area contributed by atoms with Crippen LogP contribution in [0, 0.1) is 5.41 Å². The Kier molecular flexibility index (Phi) is 5.31. The topological polar surface area (TPSA) is 40.5 Å². The van der Waals surface area contributed by atoms with Crippen LogP contribution in [0.4, 0.5) is 0 Å². The highest BCUT2D eigenvalue weighted by atomic mass is 16.4. The quantitative estimate of drug-likeness (QED) is 0.656. The van der Waals surface area contributed by atoms with Crippen molar-refractivity contribution in [1.29, 1.82) is 0 Å². The fourth-order valence-electron chi connectivity index (χ4n) is 4.24. The van der Waals surface area contributed by atoms with E-state index >= 15 is 0 Å². The largest absolute Gasteiger partial charge is 0.468 e. The average Bonchev–Trinajstić information content (AvgIpc) is 2.64. The first-order valence-electron chi connectivity index (χ1n) is 8.99. The molecule has 132 valence electrons. The monoisotopic (exact) mass is 344 g/mol. The van der Waals surface area contributed by atoms with E-state index in [4.69, 9.17) is 0 Å². The fourth-order valence-corrected chi connectivity index (χ4v) is 4.24. The van der Waals surface area contributed by atoms with Crippen LogP contribution in [0.5, 0.6) is 0 Å². The third-order valence-corrected chi connectivity index (χ3v) is 5.40. The van der Waals surface area contributed by atoms with Gasteiger partial charge in [0.15, 0.2) is 0 Å². The molecule has 0 atom stereocenters. The van der Waals surface area contributed by atoms with Crippen molar-refractivity contribution in [1.82, 2.24) is 0 Å². The Morgan fingerprint density at radius 2 is 1.04 bits per heavy atom. The molecule has 0 heterocycles. The van der Waals surface area contributed by atoms with Crippen LogP contribution in [0.3, 0.4) is 0 Å². The first kappa shape index (κ1) is 18.4. The fraction of sp³-hybridized carbons (Fsp3) is 0.217. The maximum atomic E-state index is 10.7. The van der Waals surface area contributed by atoms with E-state index in [9.17, 15) is 10.0 Å². The molecule has 3 aromatic rings. The molecule has 0 bridgehead atoms. The summed E-state index contributed by atoms with van der Waals surface area (Å²) >= 11 is 0. The maximum Gasteiger partial charge on any atom is 0.468 e. The number of rotatable bonds is 6. The number of hydrogen-bond donors (Lipinski definition) is 2. The molecule has 2 nitrogen and oxygen atoms in total. The second-order valence-electron chi connectivity index (χ2n) is 7.46. The molecule has 3 aromatic carbocycles. The first-order valence-corrected chi connectivity index (χ1v) is 8.99. The third-order valence-electron chi connectivity index (χ3n) is 5.40. The van der Waals surface area contributed by atoms with Crippen LogP contribution in [0.25, 0.3) is 0 Å². The summed E-state index contributed by atoms with van der Waals surface area (Å²) in [6.07, 6.45) is 0.718. The SMILES string of the molecule is CC(C)(Cc1ccccc1)C(B(O)O)(c1ccccc1)c1ccccc1. The van der Waals surface area contributed by atoms with E-state index in [1.165, 1.54) is 5.56 Å². The van der Waals surface area contributed by atoms with E-state index in [1.54, 1.807) is 0 Å². The molecule has 3 heteroatoms. The summed E-state index contributed by atoms with van der Waals surface area (Å²) in [6.45, 7) is 4.22. The van der Waals surface area contributed by atoms with Crippen LogP contribution in [-0.4, -0.2) is 17.2 Å². The molecule has 0 aliphatic rings. The molecule has 0 aromatic heterocycles. The Labute approximate surface area is 156 Å². The summed E-state index contributed by atoms with van der Waals surface area (Å²) in [4.78, 5) is 0. The van der Waals surface area contributed by atoms with Crippen LogP contribution in [0.15, 0.2) is 91.0 Å². The summed E-state index contributed by atoms with van der Waals surface area (Å²) in [5, 5.41) is 20.5. The number of benzene rings is 3. The lowest BCUT2D eigenvalue weighted by Crippen LogP contribution is -2.56. The molecule has 2 N–H and O–H groups in total. The highest BCUT2D eigenvalue weighted by Crippen LogP contribution is 2.49. The smallest absolute Gasteiger partial charge is 0.426 e. The van der Waals surface area contributed by atoms with E-state index < -0.39 is 17.8 Å². The standard InChI is InChI=1S/C23H25BO2/c1-22(2,18-19-12-6-3-7-13-19)23(24(25)26,20-14-8-4-9-15-20)21-16-10-5-11-17-21/h3-17,25-26H,18H2,1-2H3. The van der Waals surface area contributed by atoms with Crippen LogP contribution in [-0.2, 0) is 11.7 Å². The summed E-state index contributed by atoms with van der Waals surface area (Å²) in [6, 6.07) is 29.9. The lowest BCUT2D eigenvalue weighted by atomic mass is 9.40. The Balaban J connectivity index is 2.23. The van der Waals surface area contributed by atoms with Gasteiger partial charge in [-0.1, -0.05) is 105 Å². The average molecular weight is 344 g/mol.